The van der Waals surface area contributed by atoms with Gasteiger partial charge in [-0.05, 0) is 12.1 Å². The second-order valence-electron chi connectivity index (χ2n) is 3.49. The van der Waals surface area contributed by atoms with E-state index >= 15 is 0 Å². The van der Waals surface area contributed by atoms with Crippen molar-refractivity contribution in [3.05, 3.63) is 53.7 Å². The van der Waals surface area contributed by atoms with Crippen molar-refractivity contribution < 1.29 is 4.42 Å². The molecule has 0 N–H and O–H groups in total. The molecule has 78 valence electrons. The number of furan rings is 1. The van der Waals surface area contributed by atoms with Crippen LogP contribution < -0.4 is 0 Å². The molecule has 0 bridgehead atoms. The van der Waals surface area contributed by atoms with Crippen LogP contribution in [0.5, 0.6) is 0 Å². The highest BCUT2D eigenvalue weighted by atomic mass is 35.5. The standard InChI is InChI=1S/C13H8ClNO/c14-11-6-7-15-13-10(11)8-12(16-13)9-4-2-1-3-5-9/h1-8H. The Morgan fingerprint density at radius 2 is 1.88 bits per heavy atom. The van der Waals surface area contributed by atoms with Crippen molar-refractivity contribution in [3.63, 3.8) is 0 Å². The SMILES string of the molecule is Clc1ccnc2oc(-c3ccccc3)cc12. The maximum Gasteiger partial charge on any atom is 0.228 e. The van der Waals surface area contributed by atoms with E-state index in [1.54, 1.807) is 12.3 Å². The van der Waals surface area contributed by atoms with Gasteiger partial charge in [0.15, 0.2) is 0 Å². The predicted molar refractivity (Wildman–Crippen MR) is 64.5 cm³/mol. The predicted octanol–water partition coefficient (Wildman–Crippen LogP) is 4.15. The van der Waals surface area contributed by atoms with Crippen molar-refractivity contribution in [2.45, 2.75) is 0 Å². The molecule has 1 aromatic carbocycles. The third-order valence-corrected chi connectivity index (χ3v) is 2.77. The van der Waals surface area contributed by atoms with E-state index in [1.165, 1.54) is 0 Å². The molecule has 0 saturated heterocycles. The van der Waals surface area contributed by atoms with Crippen LogP contribution in [0.2, 0.25) is 5.02 Å². The zero-order chi connectivity index (χ0) is 11.0. The Morgan fingerprint density at radius 3 is 2.62 bits per heavy atom. The molecule has 0 aliphatic carbocycles. The summed E-state index contributed by atoms with van der Waals surface area (Å²) in [6.45, 7) is 0. The van der Waals surface area contributed by atoms with Crippen molar-refractivity contribution >= 4 is 22.7 Å². The lowest BCUT2D eigenvalue weighted by molar-refractivity contribution is 0.618. The Morgan fingerprint density at radius 1 is 1.06 bits per heavy atom. The minimum absolute atomic E-state index is 0.575. The molecule has 3 heteroatoms. The number of benzene rings is 1. The summed E-state index contributed by atoms with van der Waals surface area (Å²) in [5.74, 6) is 0.788. The van der Waals surface area contributed by atoms with Gasteiger partial charge in [0.05, 0.1) is 10.4 Å². The molecule has 0 aliphatic heterocycles. The molecule has 0 unspecified atom stereocenters. The Balaban J connectivity index is 2.23. The van der Waals surface area contributed by atoms with Gasteiger partial charge in [0.1, 0.15) is 5.76 Å². The van der Waals surface area contributed by atoms with Gasteiger partial charge in [-0.2, -0.15) is 0 Å². The number of hydrogen-bond acceptors (Lipinski definition) is 2. The Kier molecular flexibility index (Phi) is 2.15. The lowest BCUT2D eigenvalue weighted by Gasteiger charge is -1.92. The summed E-state index contributed by atoms with van der Waals surface area (Å²) in [5, 5.41) is 1.51. The van der Waals surface area contributed by atoms with Crippen molar-refractivity contribution in [1.82, 2.24) is 4.98 Å². The van der Waals surface area contributed by atoms with Crippen LogP contribution in [0, 0.1) is 0 Å². The van der Waals surface area contributed by atoms with Crippen LogP contribution in [0.1, 0.15) is 0 Å². The number of fused-ring (bicyclic) bond motifs is 1. The monoisotopic (exact) mass is 229 g/mol. The van der Waals surface area contributed by atoms with E-state index in [2.05, 4.69) is 4.98 Å². The molecule has 2 aromatic heterocycles. The number of rotatable bonds is 1. The molecule has 16 heavy (non-hydrogen) atoms. The van der Waals surface area contributed by atoms with Gasteiger partial charge in [-0.3, -0.25) is 0 Å². The van der Waals surface area contributed by atoms with Crippen LogP contribution in [0.15, 0.2) is 53.1 Å². The highest BCUT2D eigenvalue weighted by Gasteiger charge is 2.08. The largest absolute Gasteiger partial charge is 0.438 e. The number of hydrogen-bond donors (Lipinski definition) is 0. The third-order valence-electron chi connectivity index (χ3n) is 2.44. The summed E-state index contributed by atoms with van der Waals surface area (Å²) < 4.78 is 5.64. The van der Waals surface area contributed by atoms with Crippen LogP contribution in [-0.2, 0) is 0 Å². The lowest BCUT2D eigenvalue weighted by atomic mass is 10.2. The van der Waals surface area contributed by atoms with Crippen LogP contribution in [0.4, 0.5) is 0 Å². The van der Waals surface area contributed by atoms with E-state index < -0.39 is 0 Å². The fourth-order valence-electron chi connectivity index (χ4n) is 1.65. The molecule has 0 spiro atoms. The van der Waals surface area contributed by atoms with Gasteiger partial charge in [-0.1, -0.05) is 41.9 Å². The van der Waals surface area contributed by atoms with Gasteiger partial charge >= 0.3 is 0 Å². The zero-order valence-electron chi connectivity index (χ0n) is 8.35. The van der Waals surface area contributed by atoms with Gasteiger partial charge < -0.3 is 4.42 Å². The average molecular weight is 230 g/mol. The molecule has 2 nitrogen and oxygen atoms in total. The second-order valence-corrected chi connectivity index (χ2v) is 3.90. The summed E-state index contributed by atoms with van der Waals surface area (Å²) >= 11 is 6.06. The first-order chi connectivity index (χ1) is 7.84. The van der Waals surface area contributed by atoms with Gasteiger partial charge in [-0.25, -0.2) is 4.98 Å². The van der Waals surface area contributed by atoms with Crippen LogP contribution >= 0.6 is 11.6 Å². The molecule has 0 atom stereocenters. The summed E-state index contributed by atoms with van der Waals surface area (Å²) in [4.78, 5) is 4.14. The first kappa shape index (κ1) is 9.43. The Labute approximate surface area is 97.5 Å². The molecule has 3 aromatic rings. The first-order valence-electron chi connectivity index (χ1n) is 4.94. The van der Waals surface area contributed by atoms with Gasteiger partial charge in [0, 0.05) is 11.8 Å². The fraction of sp³-hybridized carbons (Fsp3) is 0. The molecule has 0 saturated carbocycles. The minimum atomic E-state index is 0.575. The van der Waals surface area contributed by atoms with E-state index in [0.717, 1.165) is 16.7 Å². The molecular formula is C13H8ClNO. The number of pyridine rings is 1. The topological polar surface area (TPSA) is 26.0 Å². The first-order valence-corrected chi connectivity index (χ1v) is 5.32. The number of nitrogens with zero attached hydrogens (tertiary/aromatic N) is 1. The van der Waals surface area contributed by atoms with Crippen LogP contribution in [0.3, 0.4) is 0 Å². The molecule has 0 radical (unpaired) electrons. The summed E-state index contributed by atoms with van der Waals surface area (Å²) in [5.41, 5.74) is 1.60. The highest BCUT2D eigenvalue weighted by molar-refractivity contribution is 6.35. The molecule has 0 amide bonds. The zero-order valence-corrected chi connectivity index (χ0v) is 9.11. The van der Waals surface area contributed by atoms with E-state index in [-0.39, 0.29) is 0 Å². The summed E-state index contributed by atoms with van der Waals surface area (Å²) in [7, 11) is 0. The average Bonchev–Trinajstić information content (AvgIpc) is 2.76. The molecule has 0 fully saturated rings. The molecule has 0 aliphatic rings. The maximum atomic E-state index is 6.06. The summed E-state index contributed by atoms with van der Waals surface area (Å²) in [6.07, 6.45) is 1.64. The quantitative estimate of drug-likeness (QED) is 0.627. The van der Waals surface area contributed by atoms with Gasteiger partial charge in [0.25, 0.3) is 0 Å². The Hall–Kier alpha value is -1.80. The van der Waals surface area contributed by atoms with E-state index in [4.69, 9.17) is 16.0 Å². The third kappa shape index (κ3) is 1.48. The lowest BCUT2D eigenvalue weighted by Crippen LogP contribution is -1.70. The summed E-state index contributed by atoms with van der Waals surface area (Å²) in [6, 6.07) is 13.6. The van der Waals surface area contributed by atoms with Crippen LogP contribution in [0.25, 0.3) is 22.4 Å². The molecular weight excluding hydrogens is 222 g/mol. The fourth-order valence-corrected chi connectivity index (χ4v) is 1.85. The molecule has 3 rings (SSSR count). The number of aromatic nitrogens is 1. The van der Waals surface area contributed by atoms with E-state index in [1.807, 2.05) is 36.4 Å². The smallest absolute Gasteiger partial charge is 0.228 e. The van der Waals surface area contributed by atoms with Gasteiger partial charge in [-0.15, -0.1) is 0 Å². The van der Waals surface area contributed by atoms with Crippen molar-refractivity contribution in [1.29, 1.82) is 0 Å². The van der Waals surface area contributed by atoms with E-state index in [0.29, 0.717) is 10.7 Å². The van der Waals surface area contributed by atoms with Crippen LogP contribution in [-0.4, -0.2) is 4.98 Å². The number of halogens is 1. The van der Waals surface area contributed by atoms with Crippen molar-refractivity contribution in [2.24, 2.45) is 0 Å². The Bertz CT molecular complexity index is 631. The van der Waals surface area contributed by atoms with Gasteiger partial charge in [0.2, 0.25) is 5.71 Å². The highest BCUT2D eigenvalue weighted by Crippen LogP contribution is 2.30. The van der Waals surface area contributed by atoms with Crippen molar-refractivity contribution in [3.8, 4) is 11.3 Å². The minimum Gasteiger partial charge on any atom is -0.438 e. The maximum absolute atomic E-state index is 6.06. The molecule has 2 heterocycles. The van der Waals surface area contributed by atoms with E-state index in [9.17, 15) is 0 Å². The van der Waals surface area contributed by atoms with Crippen molar-refractivity contribution in [2.75, 3.05) is 0 Å². The normalized spacial score (nSPS) is 10.8. The second kappa shape index (κ2) is 3.65.